The van der Waals surface area contributed by atoms with Crippen molar-refractivity contribution in [3.63, 3.8) is 0 Å². The molecule has 0 unspecified atom stereocenters. The molecule has 0 heterocycles. The zero-order chi connectivity index (χ0) is 12.3. The number of benzene rings is 2. The summed E-state index contributed by atoms with van der Waals surface area (Å²) in [5.74, 6) is -0.664. The maximum absolute atomic E-state index is 13.4. The van der Waals surface area contributed by atoms with Gasteiger partial charge in [-0.15, -0.1) is 0 Å². The van der Waals surface area contributed by atoms with E-state index in [2.05, 4.69) is 0 Å². The molecule has 2 rings (SSSR count). The van der Waals surface area contributed by atoms with E-state index in [0.29, 0.717) is 15.4 Å². The van der Waals surface area contributed by atoms with Gasteiger partial charge in [0.15, 0.2) is 0 Å². The largest absolute Gasteiger partial charge is 0.326 e. The first-order valence-corrected chi connectivity index (χ1v) is 5.92. The van der Waals surface area contributed by atoms with Crippen LogP contribution in [0.15, 0.2) is 52.3 Å². The average Bonchev–Trinajstić information content (AvgIpc) is 2.31. The Kier molecular flexibility index (Phi) is 3.76. The molecule has 0 aliphatic rings. The van der Waals surface area contributed by atoms with Crippen LogP contribution in [-0.2, 0) is 6.54 Å². The summed E-state index contributed by atoms with van der Waals surface area (Å²) in [6, 6.07) is 10.9. The van der Waals surface area contributed by atoms with E-state index in [4.69, 9.17) is 5.73 Å². The maximum atomic E-state index is 13.4. The van der Waals surface area contributed by atoms with E-state index in [-0.39, 0.29) is 18.2 Å². The lowest BCUT2D eigenvalue weighted by atomic mass is 10.2. The monoisotopic (exact) mass is 251 g/mol. The quantitative estimate of drug-likeness (QED) is 0.902. The second-order valence-corrected chi connectivity index (χ2v) is 4.65. The fourth-order valence-electron chi connectivity index (χ4n) is 1.45. The molecule has 0 fully saturated rings. The highest BCUT2D eigenvalue weighted by Gasteiger charge is 2.05. The van der Waals surface area contributed by atoms with Crippen LogP contribution in [0.1, 0.15) is 5.56 Å². The van der Waals surface area contributed by atoms with Crippen LogP contribution in [0.2, 0.25) is 0 Å². The maximum Gasteiger partial charge on any atom is 0.137 e. The normalized spacial score (nSPS) is 10.5. The van der Waals surface area contributed by atoms with E-state index in [1.54, 1.807) is 24.3 Å². The average molecular weight is 251 g/mol. The molecule has 2 aromatic carbocycles. The van der Waals surface area contributed by atoms with Crippen LogP contribution < -0.4 is 5.73 Å². The molecule has 2 N–H and O–H groups in total. The van der Waals surface area contributed by atoms with Gasteiger partial charge >= 0.3 is 0 Å². The molecule has 0 spiro atoms. The van der Waals surface area contributed by atoms with Crippen molar-refractivity contribution in [1.29, 1.82) is 0 Å². The van der Waals surface area contributed by atoms with Crippen molar-refractivity contribution in [2.45, 2.75) is 16.3 Å². The topological polar surface area (TPSA) is 26.0 Å². The van der Waals surface area contributed by atoms with Gasteiger partial charge in [0.25, 0.3) is 0 Å². The molecular formula is C13H11F2NS. The fraction of sp³-hybridized carbons (Fsp3) is 0.0769. The lowest BCUT2D eigenvalue weighted by Gasteiger charge is -2.05. The van der Waals surface area contributed by atoms with Gasteiger partial charge in [0.1, 0.15) is 11.6 Å². The molecule has 0 atom stereocenters. The Bertz CT molecular complexity index is 529. The van der Waals surface area contributed by atoms with E-state index in [0.717, 1.165) is 0 Å². The lowest BCUT2D eigenvalue weighted by Crippen LogP contribution is -1.97. The Balaban J connectivity index is 2.30. The highest BCUT2D eigenvalue weighted by molar-refractivity contribution is 7.99. The summed E-state index contributed by atoms with van der Waals surface area (Å²) >= 11 is 1.19. The van der Waals surface area contributed by atoms with Crippen LogP contribution in [0.3, 0.4) is 0 Å². The first-order chi connectivity index (χ1) is 8.19. The number of halogens is 2. The van der Waals surface area contributed by atoms with Crippen LogP contribution in [0.25, 0.3) is 0 Å². The second-order valence-electron chi connectivity index (χ2n) is 3.53. The van der Waals surface area contributed by atoms with Gasteiger partial charge in [0.2, 0.25) is 0 Å². The predicted octanol–water partition coefficient (Wildman–Crippen LogP) is 3.57. The smallest absolute Gasteiger partial charge is 0.137 e. The van der Waals surface area contributed by atoms with Gasteiger partial charge in [-0.3, -0.25) is 0 Å². The highest BCUT2D eigenvalue weighted by atomic mass is 32.2. The molecule has 17 heavy (non-hydrogen) atoms. The standard InChI is InChI=1S/C13H11F2NS/c14-10-5-9(8-16)6-11(7-10)17-13-4-2-1-3-12(13)15/h1-7H,8,16H2. The van der Waals surface area contributed by atoms with Gasteiger partial charge in [0, 0.05) is 16.3 Å². The summed E-state index contributed by atoms with van der Waals surface area (Å²) in [5, 5.41) is 0. The van der Waals surface area contributed by atoms with Gasteiger partial charge < -0.3 is 5.73 Å². The number of rotatable bonds is 3. The molecule has 4 heteroatoms. The minimum atomic E-state index is -0.355. The molecular weight excluding hydrogens is 240 g/mol. The van der Waals surface area contributed by atoms with Crippen molar-refractivity contribution in [1.82, 2.24) is 0 Å². The van der Waals surface area contributed by atoms with Crippen molar-refractivity contribution in [3.8, 4) is 0 Å². The number of hydrogen-bond donors (Lipinski definition) is 1. The van der Waals surface area contributed by atoms with Gasteiger partial charge in [-0.05, 0) is 35.9 Å². The molecule has 0 radical (unpaired) electrons. The molecule has 1 nitrogen and oxygen atoms in total. The zero-order valence-corrected chi connectivity index (χ0v) is 9.81. The van der Waals surface area contributed by atoms with Crippen LogP contribution >= 0.6 is 11.8 Å². The summed E-state index contributed by atoms with van der Waals surface area (Å²) < 4.78 is 26.7. The minimum absolute atomic E-state index is 0.266. The molecule has 0 aromatic heterocycles. The third kappa shape index (κ3) is 3.05. The highest BCUT2D eigenvalue weighted by Crippen LogP contribution is 2.30. The molecule has 0 aliphatic carbocycles. The Labute approximate surface area is 103 Å². The Morgan fingerprint density at radius 1 is 1.06 bits per heavy atom. The molecule has 0 saturated heterocycles. The summed E-state index contributed by atoms with van der Waals surface area (Å²) in [6.45, 7) is 0.266. The third-order valence-electron chi connectivity index (χ3n) is 2.23. The van der Waals surface area contributed by atoms with E-state index >= 15 is 0 Å². The van der Waals surface area contributed by atoms with Crippen LogP contribution in [-0.4, -0.2) is 0 Å². The summed E-state index contributed by atoms with van der Waals surface area (Å²) in [7, 11) is 0. The summed E-state index contributed by atoms with van der Waals surface area (Å²) in [6.07, 6.45) is 0. The van der Waals surface area contributed by atoms with Gasteiger partial charge in [-0.25, -0.2) is 8.78 Å². The number of nitrogens with two attached hydrogens (primary N) is 1. The fourth-order valence-corrected chi connectivity index (χ4v) is 2.40. The molecule has 0 saturated carbocycles. The Morgan fingerprint density at radius 3 is 2.53 bits per heavy atom. The third-order valence-corrected chi connectivity index (χ3v) is 3.25. The Hall–Kier alpha value is -1.39. The molecule has 88 valence electrons. The van der Waals surface area contributed by atoms with Crippen LogP contribution in [0, 0.1) is 11.6 Å². The van der Waals surface area contributed by atoms with Crippen molar-refractivity contribution >= 4 is 11.8 Å². The van der Waals surface area contributed by atoms with E-state index < -0.39 is 0 Å². The summed E-state index contributed by atoms with van der Waals surface area (Å²) in [5.41, 5.74) is 6.16. The van der Waals surface area contributed by atoms with Crippen molar-refractivity contribution in [3.05, 3.63) is 59.7 Å². The van der Waals surface area contributed by atoms with E-state index in [1.165, 1.54) is 30.0 Å². The SMILES string of the molecule is NCc1cc(F)cc(Sc2ccccc2F)c1. The van der Waals surface area contributed by atoms with E-state index in [9.17, 15) is 8.78 Å². The second kappa shape index (κ2) is 5.29. The summed E-state index contributed by atoms with van der Waals surface area (Å²) in [4.78, 5) is 1.12. The van der Waals surface area contributed by atoms with Gasteiger partial charge in [-0.1, -0.05) is 23.9 Å². The van der Waals surface area contributed by atoms with E-state index in [1.807, 2.05) is 0 Å². The van der Waals surface area contributed by atoms with Crippen LogP contribution in [0.5, 0.6) is 0 Å². The lowest BCUT2D eigenvalue weighted by molar-refractivity contribution is 0.601. The van der Waals surface area contributed by atoms with Gasteiger partial charge in [0.05, 0.1) is 0 Å². The molecule has 0 bridgehead atoms. The first-order valence-electron chi connectivity index (χ1n) is 5.11. The van der Waals surface area contributed by atoms with Crippen LogP contribution in [0.4, 0.5) is 8.78 Å². The minimum Gasteiger partial charge on any atom is -0.326 e. The van der Waals surface area contributed by atoms with Crippen molar-refractivity contribution in [2.24, 2.45) is 5.73 Å². The molecule has 0 aliphatic heterocycles. The Morgan fingerprint density at radius 2 is 1.82 bits per heavy atom. The first kappa shape index (κ1) is 12.1. The predicted molar refractivity (Wildman–Crippen MR) is 64.8 cm³/mol. The van der Waals surface area contributed by atoms with Gasteiger partial charge in [-0.2, -0.15) is 0 Å². The molecule has 0 amide bonds. The molecule has 2 aromatic rings. The van der Waals surface area contributed by atoms with Crippen molar-refractivity contribution < 1.29 is 8.78 Å². The number of hydrogen-bond acceptors (Lipinski definition) is 2. The zero-order valence-electron chi connectivity index (χ0n) is 8.99. The van der Waals surface area contributed by atoms with Crippen molar-refractivity contribution in [2.75, 3.05) is 0 Å².